The first-order valence-corrected chi connectivity index (χ1v) is 12.3. The summed E-state index contributed by atoms with van der Waals surface area (Å²) in [6, 6.07) is 14.2. The Labute approximate surface area is 198 Å². The van der Waals surface area contributed by atoms with Gasteiger partial charge in [-0.3, -0.25) is 4.79 Å². The number of methoxy groups -OCH3 is 1. The van der Waals surface area contributed by atoms with E-state index in [4.69, 9.17) is 4.74 Å². The minimum absolute atomic E-state index is 0.0223. The highest BCUT2D eigenvalue weighted by atomic mass is 32.2. The van der Waals surface area contributed by atoms with Gasteiger partial charge in [0.2, 0.25) is 11.0 Å². The summed E-state index contributed by atoms with van der Waals surface area (Å²) in [6.07, 6.45) is 0. The smallest absolute Gasteiger partial charge is 0.234 e. The van der Waals surface area contributed by atoms with Gasteiger partial charge < -0.3 is 15.4 Å². The second-order valence-corrected chi connectivity index (χ2v) is 11.0. The molecule has 0 aliphatic rings. The molecule has 1 amide bonds. The van der Waals surface area contributed by atoms with Crippen LogP contribution in [0.3, 0.4) is 0 Å². The molecule has 8 heteroatoms. The molecule has 0 saturated heterocycles. The summed E-state index contributed by atoms with van der Waals surface area (Å²) in [5, 5.41) is 15.3. The molecule has 6 nitrogen and oxygen atoms in total. The number of hydrogen-bond acceptors (Lipinski definition) is 7. The normalized spacial score (nSPS) is 11.5. The lowest BCUT2D eigenvalue weighted by Gasteiger charge is -2.21. The predicted octanol–water partition coefficient (Wildman–Crippen LogP) is 6.44. The van der Waals surface area contributed by atoms with E-state index in [1.807, 2.05) is 30.3 Å². The molecule has 32 heavy (non-hydrogen) atoms. The standard InChI is InChI=1S/C24H30N4O2S2/c1-15(2)16-7-10-18(11-8-16)25-22-27-28-23(32-22)31-14-21(29)26-19-13-17(24(3,4)5)9-12-20(19)30-6/h7-13,15H,14H2,1-6H3,(H,25,27)(H,26,29). The average molecular weight is 471 g/mol. The van der Waals surface area contributed by atoms with Crippen LogP contribution in [0.15, 0.2) is 46.8 Å². The van der Waals surface area contributed by atoms with Crippen LogP contribution < -0.4 is 15.4 Å². The fourth-order valence-electron chi connectivity index (χ4n) is 2.98. The second kappa shape index (κ2) is 10.4. The van der Waals surface area contributed by atoms with Gasteiger partial charge in [-0.15, -0.1) is 10.2 Å². The van der Waals surface area contributed by atoms with Gasteiger partial charge in [0.25, 0.3) is 0 Å². The highest BCUT2D eigenvalue weighted by molar-refractivity contribution is 8.01. The number of carbonyl (C=O) groups is 1. The van der Waals surface area contributed by atoms with Crippen LogP contribution >= 0.6 is 23.1 Å². The number of amides is 1. The molecule has 1 heterocycles. The molecular weight excluding hydrogens is 440 g/mol. The van der Waals surface area contributed by atoms with Crippen molar-refractivity contribution in [3.63, 3.8) is 0 Å². The predicted molar refractivity (Wildman–Crippen MR) is 135 cm³/mol. The van der Waals surface area contributed by atoms with E-state index < -0.39 is 0 Å². The van der Waals surface area contributed by atoms with Gasteiger partial charge in [0.05, 0.1) is 18.6 Å². The van der Waals surface area contributed by atoms with Crippen LogP contribution in [-0.2, 0) is 10.2 Å². The molecule has 0 aliphatic carbocycles. The number of aromatic nitrogens is 2. The Hall–Kier alpha value is -2.58. The van der Waals surface area contributed by atoms with Gasteiger partial charge in [-0.05, 0) is 46.7 Å². The molecule has 0 atom stereocenters. The highest BCUT2D eigenvalue weighted by Gasteiger charge is 2.17. The third kappa shape index (κ3) is 6.46. The molecule has 170 valence electrons. The largest absolute Gasteiger partial charge is 0.495 e. The molecule has 0 radical (unpaired) electrons. The van der Waals surface area contributed by atoms with Crippen LogP contribution in [0.4, 0.5) is 16.5 Å². The first-order chi connectivity index (χ1) is 15.2. The molecule has 0 fully saturated rings. The van der Waals surface area contributed by atoms with Gasteiger partial charge in [0, 0.05) is 5.69 Å². The average Bonchev–Trinajstić information content (AvgIpc) is 3.19. The fraction of sp³-hybridized carbons (Fsp3) is 0.375. The van der Waals surface area contributed by atoms with Crippen LogP contribution in [-0.4, -0.2) is 29.0 Å². The number of carbonyl (C=O) groups excluding carboxylic acids is 1. The van der Waals surface area contributed by atoms with Crippen molar-refractivity contribution in [3.05, 3.63) is 53.6 Å². The number of thioether (sulfide) groups is 1. The summed E-state index contributed by atoms with van der Waals surface area (Å²) in [6.45, 7) is 10.7. The summed E-state index contributed by atoms with van der Waals surface area (Å²) >= 11 is 2.79. The van der Waals surface area contributed by atoms with E-state index in [9.17, 15) is 4.79 Å². The number of anilines is 3. The topological polar surface area (TPSA) is 76.1 Å². The Morgan fingerprint density at radius 3 is 2.47 bits per heavy atom. The van der Waals surface area contributed by atoms with Crippen LogP contribution in [0.2, 0.25) is 0 Å². The third-order valence-electron chi connectivity index (χ3n) is 4.90. The zero-order chi connectivity index (χ0) is 23.3. The molecule has 3 rings (SSSR count). The zero-order valence-corrected chi connectivity index (χ0v) is 21.0. The van der Waals surface area contributed by atoms with Crippen molar-refractivity contribution >= 4 is 45.5 Å². The van der Waals surface area contributed by atoms with E-state index in [0.717, 1.165) is 15.6 Å². The number of rotatable bonds is 8. The van der Waals surface area contributed by atoms with Gasteiger partial charge in [-0.2, -0.15) is 0 Å². The van der Waals surface area contributed by atoms with E-state index in [1.165, 1.54) is 28.7 Å². The monoisotopic (exact) mass is 470 g/mol. The van der Waals surface area contributed by atoms with E-state index in [0.29, 0.717) is 22.5 Å². The summed E-state index contributed by atoms with van der Waals surface area (Å²) in [5.74, 6) is 1.26. The summed E-state index contributed by atoms with van der Waals surface area (Å²) < 4.78 is 6.14. The molecule has 3 aromatic rings. The van der Waals surface area contributed by atoms with Crippen LogP contribution in [0, 0.1) is 0 Å². The molecule has 2 N–H and O–H groups in total. The molecule has 0 unspecified atom stereocenters. The van der Waals surface area contributed by atoms with E-state index in [1.54, 1.807) is 7.11 Å². The SMILES string of the molecule is COc1ccc(C(C)(C)C)cc1NC(=O)CSc1nnc(Nc2ccc(C(C)C)cc2)s1. The van der Waals surface area contributed by atoms with Gasteiger partial charge >= 0.3 is 0 Å². The maximum atomic E-state index is 12.6. The van der Waals surface area contributed by atoms with Crippen molar-refractivity contribution in [2.45, 2.75) is 50.3 Å². The maximum absolute atomic E-state index is 12.6. The van der Waals surface area contributed by atoms with Crippen molar-refractivity contribution in [3.8, 4) is 5.75 Å². The maximum Gasteiger partial charge on any atom is 0.234 e. The lowest BCUT2D eigenvalue weighted by atomic mass is 9.87. The summed E-state index contributed by atoms with van der Waals surface area (Å²) in [7, 11) is 1.60. The third-order valence-corrected chi connectivity index (χ3v) is 6.87. The van der Waals surface area contributed by atoms with Crippen LogP contribution in [0.25, 0.3) is 0 Å². The minimum atomic E-state index is -0.117. The Kier molecular flexibility index (Phi) is 7.79. The number of ether oxygens (including phenoxy) is 1. The van der Waals surface area contributed by atoms with Crippen LogP contribution in [0.5, 0.6) is 5.75 Å². The molecule has 0 saturated carbocycles. The first-order valence-electron chi connectivity index (χ1n) is 10.5. The molecule has 0 aliphatic heterocycles. The fourth-order valence-corrected chi connectivity index (χ4v) is 4.55. The number of nitrogens with zero attached hydrogens (tertiary/aromatic N) is 2. The first kappa shape index (κ1) is 24.1. The molecule has 0 bridgehead atoms. The molecular formula is C24H30N4O2S2. The number of hydrogen-bond donors (Lipinski definition) is 2. The van der Waals surface area contributed by atoms with Crippen molar-refractivity contribution in [2.24, 2.45) is 0 Å². The lowest BCUT2D eigenvalue weighted by molar-refractivity contribution is -0.113. The molecule has 1 aromatic heterocycles. The number of nitrogens with one attached hydrogen (secondary N) is 2. The Morgan fingerprint density at radius 2 is 1.84 bits per heavy atom. The Morgan fingerprint density at radius 1 is 1.12 bits per heavy atom. The Bertz CT molecular complexity index is 1060. The quantitative estimate of drug-likeness (QED) is 0.369. The second-order valence-electron chi connectivity index (χ2n) is 8.78. The van der Waals surface area contributed by atoms with Crippen molar-refractivity contribution in [1.82, 2.24) is 10.2 Å². The summed E-state index contributed by atoms with van der Waals surface area (Å²) in [5.41, 5.74) is 4.04. The van der Waals surface area contributed by atoms with E-state index in [-0.39, 0.29) is 17.1 Å². The Balaban J connectivity index is 1.57. The lowest BCUT2D eigenvalue weighted by Crippen LogP contribution is -2.16. The van der Waals surface area contributed by atoms with E-state index >= 15 is 0 Å². The van der Waals surface area contributed by atoms with E-state index in [2.05, 4.69) is 67.6 Å². The zero-order valence-electron chi connectivity index (χ0n) is 19.4. The van der Waals surface area contributed by atoms with Crippen molar-refractivity contribution in [1.29, 1.82) is 0 Å². The summed E-state index contributed by atoms with van der Waals surface area (Å²) in [4.78, 5) is 12.6. The molecule has 0 spiro atoms. The highest BCUT2D eigenvalue weighted by Crippen LogP contribution is 2.32. The minimum Gasteiger partial charge on any atom is -0.495 e. The van der Waals surface area contributed by atoms with Crippen LogP contribution in [0.1, 0.15) is 51.7 Å². The van der Waals surface area contributed by atoms with Gasteiger partial charge in [-0.25, -0.2) is 0 Å². The van der Waals surface area contributed by atoms with Gasteiger partial charge in [-0.1, -0.05) is 75.9 Å². The van der Waals surface area contributed by atoms with Gasteiger partial charge in [0.1, 0.15) is 5.75 Å². The molecule has 2 aromatic carbocycles. The van der Waals surface area contributed by atoms with Gasteiger partial charge in [0.15, 0.2) is 4.34 Å². The van der Waals surface area contributed by atoms with Crippen molar-refractivity contribution in [2.75, 3.05) is 23.5 Å². The number of benzene rings is 2. The van der Waals surface area contributed by atoms with Crippen molar-refractivity contribution < 1.29 is 9.53 Å².